The minimum absolute atomic E-state index is 0.132. The van der Waals surface area contributed by atoms with Crippen molar-refractivity contribution in [3.63, 3.8) is 0 Å². The first-order valence-electron chi connectivity index (χ1n) is 9.11. The summed E-state index contributed by atoms with van der Waals surface area (Å²) in [4.78, 5) is 40.8. The molecular weight excluding hydrogens is 374 g/mol. The molecule has 1 aromatic heterocycles. The summed E-state index contributed by atoms with van der Waals surface area (Å²) in [6.07, 6.45) is 1.99. The largest absolute Gasteiger partial charge is 0.481 e. The molecule has 29 heavy (non-hydrogen) atoms. The molecule has 2 aromatic rings. The molecular formula is C21H25N3O5. The van der Waals surface area contributed by atoms with E-state index in [0.717, 1.165) is 5.56 Å². The van der Waals surface area contributed by atoms with E-state index in [1.807, 2.05) is 30.3 Å². The van der Waals surface area contributed by atoms with Gasteiger partial charge in [-0.25, -0.2) is 9.78 Å². The van der Waals surface area contributed by atoms with Crippen molar-refractivity contribution in [2.45, 2.75) is 31.8 Å². The Labute approximate surface area is 169 Å². The average Bonchev–Trinajstić information content (AvgIpc) is 2.73. The Morgan fingerprint density at radius 2 is 1.69 bits per heavy atom. The number of benzene rings is 1. The van der Waals surface area contributed by atoms with Gasteiger partial charge in [0.15, 0.2) is 0 Å². The van der Waals surface area contributed by atoms with Crippen molar-refractivity contribution < 1.29 is 23.9 Å². The van der Waals surface area contributed by atoms with Gasteiger partial charge in [-0.2, -0.15) is 0 Å². The van der Waals surface area contributed by atoms with Crippen molar-refractivity contribution >= 4 is 17.8 Å². The van der Waals surface area contributed by atoms with Crippen LogP contribution in [0.15, 0.2) is 48.7 Å². The van der Waals surface area contributed by atoms with Gasteiger partial charge in [0.25, 0.3) is 0 Å². The maximum absolute atomic E-state index is 12.9. The summed E-state index contributed by atoms with van der Waals surface area (Å²) in [5.74, 6) is -1.07. The Kier molecular flexibility index (Phi) is 8.14. The second-order valence-corrected chi connectivity index (χ2v) is 6.40. The molecule has 154 valence electrons. The number of ether oxygens (including phenoxy) is 2. The van der Waals surface area contributed by atoms with Gasteiger partial charge in [0.1, 0.15) is 12.1 Å². The fraction of sp³-hybridized carbons (Fsp3) is 0.333. The third-order valence-corrected chi connectivity index (χ3v) is 4.25. The number of hydrogen-bond acceptors (Lipinski definition) is 6. The average molecular weight is 399 g/mol. The predicted molar refractivity (Wildman–Crippen MR) is 106 cm³/mol. The van der Waals surface area contributed by atoms with Crippen LogP contribution in [0.4, 0.5) is 0 Å². The van der Waals surface area contributed by atoms with Crippen LogP contribution in [-0.2, 0) is 32.0 Å². The lowest BCUT2D eigenvalue weighted by molar-refractivity contribution is -0.145. The first kappa shape index (κ1) is 21.9. The van der Waals surface area contributed by atoms with Gasteiger partial charge < -0.3 is 20.1 Å². The molecule has 0 spiro atoms. The second kappa shape index (κ2) is 10.8. The van der Waals surface area contributed by atoms with Crippen LogP contribution in [0, 0.1) is 0 Å². The molecule has 0 aliphatic carbocycles. The summed E-state index contributed by atoms with van der Waals surface area (Å²) >= 11 is 0. The van der Waals surface area contributed by atoms with Gasteiger partial charge in [-0.15, -0.1) is 0 Å². The van der Waals surface area contributed by atoms with Crippen LogP contribution in [0.2, 0.25) is 0 Å². The number of rotatable bonds is 9. The molecule has 2 rings (SSSR count). The lowest BCUT2D eigenvalue weighted by Crippen LogP contribution is -2.53. The number of carbonyl (C=O) groups excluding carboxylic acids is 3. The summed E-state index contributed by atoms with van der Waals surface area (Å²) in [5, 5.41) is 5.32. The van der Waals surface area contributed by atoms with E-state index in [4.69, 9.17) is 9.47 Å². The fourth-order valence-corrected chi connectivity index (χ4v) is 2.90. The van der Waals surface area contributed by atoms with Crippen LogP contribution in [0.5, 0.6) is 5.88 Å². The zero-order chi connectivity index (χ0) is 21.2. The molecule has 0 aliphatic rings. The van der Waals surface area contributed by atoms with Crippen molar-refractivity contribution in [2.24, 2.45) is 0 Å². The number of hydrogen-bond donors (Lipinski definition) is 2. The number of pyridine rings is 1. The number of methoxy groups -OCH3 is 2. The Morgan fingerprint density at radius 3 is 2.31 bits per heavy atom. The molecule has 1 heterocycles. The molecule has 2 N–H and O–H groups in total. The topological polar surface area (TPSA) is 107 Å². The zero-order valence-corrected chi connectivity index (χ0v) is 16.7. The monoisotopic (exact) mass is 399 g/mol. The Bertz CT molecular complexity index is 841. The summed E-state index contributed by atoms with van der Waals surface area (Å²) in [6.45, 7) is 1.34. The SMILES string of the molecule is COC(=O)[C@H](Cc1cccnc1OC)NC(=O)[C@H](Cc1ccccc1)NC(C)=O. The number of esters is 1. The third kappa shape index (κ3) is 6.60. The number of carbonyl (C=O) groups is 3. The first-order chi connectivity index (χ1) is 13.9. The van der Waals surface area contributed by atoms with E-state index in [9.17, 15) is 14.4 Å². The molecule has 0 radical (unpaired) electrons. The second-order valence-electron chi connectivity index (χ2n) is 6.40. The van der Waals surface area contributed by atoms with Gasteiger partial charge in [-0.05, 0) is 11.6 Å². The highest BCUT2D eigenvalue weighted by Gasteiger charge is 2.28. The Hall–Kier alpha value is -3.42. The van der Waals surface area contributed by atoms with Crippen molar-refractivity contribution in [2.75, 3.05) is 14.2 Å². The summed E-state index contributed by atoms with van der Waals surface area (Å²) < 4.78 is 10.0. The van der Waals surface area contributed by atoms with Crippen LogP contribution >= 0.6 is 0 Å². The van der Waals surface area contributed by atoms with Crippen LogP contribution in [0.25, 0.3) is 0 Å². The van der Waals surface area contributed by atoms with E-state index < -0.39 is 24.0 Å². The minimum atomic E-state index is -0.961. The van der Waals surface area contributed by atoms with Crippen LogP contribution in [0.1, 0.15) is 18.1 Å². The Balaban J connectivity index is 2.19. The highest BCUT2D eigenvalue weighted by Crippen LogP contribution is 2.16. The van der Waals surface area contributed by atoms with Crippen LogP contribution in [0.3, 0.4) is 0 Å². The van der Waals surface area contributed by atoms with Crippen LogP contribution in [-0.4, -0.2) is 49.1 Å². The third-order valence-electron chi connectivity index (χ3n) is 4.25. The number of aromatic nitrogens is 1. The normalized spacial score (nSPS) is 12.4. The summed E-state index contributed by atoms with van der Waals surface area (Å²) in [6, 6.07) is 11.0. The van der Waals surface area contributed by atoms with Gasteiger partial charge in [0.2, 0.25) is 17.7 Å². The standard InChI is InChI=1S/C21H25N3O5/c1-14(25)23-17(12-15-8-5-4-6-9-15)19(26)24-18(21(27)29-3)13-16-10-7-11-22-20(16)28-2/h4-11,17-18H,12-13H2,1-3H3,(H,23,25)(H,24,26)/t17-,18-/m0/s1. The smallest absolute Gasteiger partial charge is 0.328 e. The lowest BCUT2D eigenvalue weighted by Gasteiger charge is -2.22. The van der Waals surface area contributed by atoms with Gasteiger partial charge in [0, 0.05) is 31.5 Å². The van der Waals surface area contributed by atoms with E-state index in [2.05, 4.69) is 15.6 Å². The van der Waals surface area contributed by atoms with E-state index in [-0.39, 0.29) is 18.7 Å². The molecule has 2 amide bonds. The van der Waals surface area contributed by atoms with Crippen molar-refractivity contribution in [1.82, 2.24) is 15.6 Å². The van der Waals surface area contributed by atoms with Crippen molar-refractivity contribution in [1.29, 1.82) is 0 Å². The fourth-order valence-electron chi connectivity index (χ4n) is 2.90. The maximum atomic E-state index is 12.9. The lowest BCUT2D eigenvalue weighted by atomic mass is 10.0. The molecule has 8 nitrogen and oxygen atoms in total. The molecule has 0 aliphatic heterocycles. The van der Waals surface area contributed by atoms with E-state index in [1.54, 1.807) is 18.3 Å². The molecule has 0 saturated carbocycles. The molecule has 1 aromatic carbocycles. The molecule has 0 saturated heterocycles. The zero-order valence-electron chi connectivity index (χ0n) is 16.7. The molecule has 0 unspecified atom stereocenters. The highest BCUT2D eigenvalue weighted by atomic mass is 16.5. The molecule has 0 bridgehead atoms. The summed E-state index contributed by atoms with van der Waals surface area (Å²) in [5.41, 5.74) is 1.52. The molecule has 0 fully saturated rings. The number of amides is 2. The minimum Gasteiger partial charge on any atom is -0.481 e. The number of nitrogens with one attached hydrogen (secondary N) is 2. The van der Waals surface area contributed by atoms with Crippen LogP contribution < -0.4 is 15.4 Å². The van der Waals surface area contributed by atoms with E-state index >= 15 is 0 Å². The highest BCUT2D eigenvalue weighted by molar-refractivity contribution is 5.90. The maximum Gasteiger partial charge on any atom is 0.328 e. The molecule has 2 atom stereocenters. The van der Waals surface area contributed by atoms with Gasteiger partial charge in [-0.1, -0.05) is 36.4 Å². The van der Waals surface area contributed by atoms with E-state index in [0.29, 0.717) is 11.4 Å². The van der Waals surface area contributed by atoms with Crippen molar-refractivity contribution in [3.05, 3.63) is 59.8 Å². The quantitative estimate of drug-likeness (QED) is 0.610. The van der Waals surface area contributed by atoms with Gasteiger partial charge in [-0.3, -0.25) is 9.59 Å². The first-order valence-corrected chi connectivity index (χ1v) is 9.11. The Morgan fingerprint density at radius 1 is 0.966 bits per heavy atom. The van der Waals surface area contributed by atoms with Crippen molar-refractivity contribution in [3.8, 4) is 5.88 Å². The molecule has 8 heteroatoms. The number of nitrogens with zero attached hydrogens (tertiary/aromatic N) is 1. The summed E-state index contributed by atoms with van der Waals surface area (Å²) in [7, 11) is 2.72. The van der Waals surface area contributed by atoms with Gasteiger partial charge >= 0.3 is 5.97 Å². The predicted octanol–water partition coefficient (Wildman–Crippen LogP) is 1.04. The van der Waals surface area contributed by atoms with E-state index in [1.165, 1.54) is 21.1 Å². The van der Waals surface area contributed by atoms with Gasteiger partial charge in [0.05, 0.1) is 14.2 Å².